The lowest BCUT2D eigenvalue weighted by atomic mass is 10.1. The second-order valence-electron chi connectivity index (χ2n) is 5.75. The molecule has 0 aliphatic rings. The van der Waals surface area contributed by atoms with Gasteiger partial charge in [-0.2, -0.15) is 13.2 Å². The van der Waals surface area contributed by atoms with Crippen LogP contribution in [-0.2, 0) is 6.18 Å². The van der Waals surface area contributed by atoms with E-state index in [4.69, 9.17) is 0 Å². The van der Waals surface area contributed by atoms with Crippen LogP contribution in [0, 0.1) is 0 Å². The number of aliphatic hydroxyl groups excluding tert-OH is 1. The van der Waals surface area contributed by atoms with Crippen molar-refractivity contribution in [2.75, 3.05) is 6.54 Å². The van der Waals surface area contributed by atoms with E-state index in [0.29, 0.717) is 10.6 Å². The number of benzene rings is 2. The topological polar surface area (TPSA) is 62.2 Å². The maximum absolute atomic E-state index is 12.8. The molecular formula is C19H15F3N2O2S. The molecule has 1 amide bonds. The summed E-state index contributed by atoms with van der Waals surface area (Å²) in [5.41, 5.74) is 0.277. The number of hydrogen-bond acceptors (Lipinski definition) is 4. The van der Waals surface area contributed by atoms with Gasteiger partial charge in [-0.25, -0.2) is 4.98 Å². The fourth-order valence-electron chi connectivity index (χ4n) is 2.41. The SMILES string of the molecule is O=C(NCC(O)c1ccccc1)c1csc(-c2cccc(C(F)(F)F)c2)n1. The Balaban J connectivity index is 1.68. The second-order valence-corrected chi connectivity index (χ2v) is 6.61. The average molecular weight is 392 g/mol. The van der Waals surface area contributed by atoms with Crippen molar-refractivity contribution in [3.8, 4) is 10.6 Å². The number of aliphatic hydroxyl groups is 1. The molecule has 27 heavy (non-hydrogen) atoms. The third kappa shape index (κ3) is 4.72. The van der Waals surface area contributed by atoms with Crippen LogP contribution in [0.5, 0.6) is 0 Å². The first-order chi connectivity index (χ1) is 12.8. The number of carbonyl (C=O) groups is 1. The van der Waals surface area contributed by atoms with Gasteiger partial charge in [0.2, 0.25) is 0 Å². The Morgan fingerprint density at radius 3 is 2.59 bits per heavy atom. The molecule has 1 aromatic heterocycles. The van der Waals surface area contributed by atoms with E-state index in [1.165, 1.54) is 17.5 Å². The number of aromatic nitrogens is 1. The zero-order valence-corrected chi connectivity index (χ0v) is 14.7. The summed E-state index contributed by atoms with van der Waals surface area (Å²) in [6.07, 6.45) is -5.31. The number of alkyl halides is 3. The van der Waals surface area contributed by atoms with E-state index in [2.05, 4.69) is 10.3 Å². The summed E-state index contributed by atoms with van der Waals surface area (Å²) in [6.45, 7) is -0.000729. The normalized spacial score (nSPS) is 12.6. The van der Waals surface area contributed by atoms with Crippen molar-refractivity contribution in [2.45, 2.75) is 12.3 Å². The standard InChI is InChI=1S/C19H15F3N2O2S/c20-19(21,22)14-8-4-7-13(9-14)18-24-15(11-27-18)17(26)23-10-16(25)12-5-2-1-3-6-12/h1-9,11,16,25H,10H2,(H,23,26). The monoisotopic (exact) mass is 392 g/mol. The van der Waals surface area contributed by atoms with Crippen molar-refractivity contribution in [1.29, 1.82) is 0 Å². The highest BCUT2D eigenvalue weighted by molar-refractivity contribution is 7.13. The Kier molecular flexibility index (Phi) is 5.57. The van der Waals surface area contributed by atoms with Crippen molar-refractivity contribution < 1.29 is 23.1 Å². The minimum Gasteiger partial charge on any atom is -0.387 e. The van der Waals surface area contributed by atoms with Crippen molar-refractivity contribution in [3.63, 3.8) is 0 Å². The zero-order valence-electron chi connectivity index (χ0n) is 13.9. The second kappa shape index (κ2) is 7.89. The van der Waals surface area contributed by atoms with Crippen LogP contribution in [0.2, 0.25) is 0 Å². The van der Waals surface area contributed by atoms with Gasteiger partial charge in [-0.15, -0.1) is 11.3 Å². The number of rotatable bonds is 5. The van der Waals surface area contributed by atoms with E-state index >= 15 is 0 Å². The van der Waals surface area contributed by atoms with Gasteiger partial charge in [0.15, 0.2) is 0 Å². The highest BCUT2D eigenvalue weighted by Crippen LogP contribution is 2.33. The molecule has 2 N–H and O–H groups in total. The molecule has 8 heteroatoms. The maximum Gasteiger partial charge on any atom is 0.416 e. The fourth-order valence-corrected chi connectivity index (χ4v) is 3.21. The molecule has 0 aliphatic heterocycles. The van der Waals surface area contributed by atoms with Crippen molar-refractivity contribution >= 4 is 17.2 Å². The van der Waals surface area contributed by atoms with Gasteiger partial charge in [0, 0.05) is 17.5 Å². The number of nitrogens with one attached hydrogen (secondary N) is 1. The lowest BCUT2D eigenvalue weighted by Crippen LogP contribution is -2.28. The zero-order chi connectivity index (χ0) is 19.4. The van der Waals surface area contributed by atoms with Crippen LogP contribution in [0.15, 0.2) is 60.0 Å². The van der Waals surface area contributed by atoms with E-state index in [1.54, 1.807) is 24.3 Å². The molecule has 4 nitrogen and oxygen atoms in total. The lowest BCUT2D eigenvalue weighted by molar-refractivity contribution is -0.137. The Hall–Kier alpha value is -2.71. The van der Waals surface area contributed by atoms with Crippen LogP contribution in [0.25, 0.3) is 10.6 Å². The van der Waals surface area contributed by atoms with Gasteiger partial charge in [-0.3, -0.25) is 4.79 Å². The van der Waals surface area contributed by atoms with Crippen LogP contribution < -0.4 is 5.32 Å². The smallest absolute Gasteiger partial charge is 0.387 e. The summed E-state index contributed by atoms with van der Waals surface area (Å²) >= 11 is 1.08. The summed E-state index contributed by atoms with van der Waals surface area (Å²) in [5, 5.41) is 14.4. The van der Waals surface area contributed by atoms with E-state index in [-0.39, 0.29) is 17.8 Å². The number of nitrogens with zero attached hydrogens (tertiary/aromatic N) is 1. The Labute approximate surface area is 157 Å². The van der Waals surface area contributed by atoms with Gasteiger partial charge in [0.25, 0.3) is 5.91 Å². The van der Waals surface area contributed by atoms with Crippen LogP contribution >= 0.6 is 11.3 Å². The van der Waals surface area contributed by atoms with Crippen LogP contribution in [0.1, 0.15) is 27.7 Å². The van der Waals surface area contributed by atoms with Gasteiger partial charge in [-0.1, -0.05) is 42.5 Å². The lowest BCUT2D eigenvalue weighted by Gasteiger charge is -2.11. The maximum atomic E-state index is 12.8. The van der Waals surface area contributed by atoms with Gasteiger partial charge < -0.3 is 10.4 Å². The molecule has 0 fully saturated rings. The van der Waals surface area contributed by atoms with E-state index in [0.717, 1.165) is 23.5 Å². The number of thiazole rings is 1. The molecule has 140 valence electrons. The third-order valence-corrected chi connectivity index (χ3v) is 4.71. The summed E-state index contributed by atoms with van der Waals surface area (Å²) in [6, 6.07) is 13.7. The summed E-state index contributed by atoms with van der Waals surface area (Å²) in [7, 11) is 0. The average Bonchev–Trinajstić information content (AvgIpc) is 3.16. The predicted octanol–water partition coefficient (Wildman–Crippen LogP) is 4.29. The Morgan fingerprint density at radius 1 is 1.15 bits per heavy atom. The largest absolute Gasteiger partial charge is 0.416 e. The molecule has 1 unspecified atom stereocenters. The molecule has 0 aliphatic carbocycles. The predicted molar refractivity (Wildman–Crippen MR) is 96.3 cm³/mol. The number of carbonyl (C=O) groups excluding carboxylic acids is 1. The quantitative estimate of drug-likeness (QED) is 0.681. The number of hydrogen-bond donors (Lipinski definition) is 2. The molecule has 1 heterocycles. The first-order valence-electron chi connectivity index (χ1n) is 7.99. The number of halogens is 3. The van der Waals surface area contributed by atoms with Crippen molar-refractivity contribution in [3.05, 3.63) is 76.8 Å². The van der Waals surface area contributed by atoms with Crippen molar-refractivity contribution in [2.24, 2.45) is 0 Å². The molecule has 0 saturated carbocycles. The molecule has 0 bridgehead atoms. The van der Waals surface area contributed by atoms with Gasteiger partial charge in [0.1, 0.15) is 10.7 Å². The molecule has 0 saturated heterocycles. The Morgan fingerprint density at radius 2 is 1.89 bits per heavy atom. The molecular weight excluding hydrogens is 377 g/mol. The first kappa shape index (κ1) is 19.1. The van der Waals surface area contributed by atoms with E-state index in [9.17, 15) is 23.1 Å². The highest BCUT2D eigenvalue weighted by atomic mass is 32.1. The van der Waals surface area contributed by atoms with Crippen LogP contribution in [0.4, 0.5) is 13.2 Å². The molecule has 3 rings (SSSR count). The van der Waals surface area contributed by atoms with Crippen LogP contribution in [-0.4, -0.2) is 22.5 Å². The van der Waals surface area contributed by atoms with Gasteiger partial charge in [0.05, 0.1) is 11.7 Å². The summed E-state index contributed by atoms with van der Waals surface area (Å²) < 4.78 is 38.5. The van der Waals surface area contributed by atoms with Crippen LogP contribution in [0.3, 0.4) is 0 Å². The van der Waals surface area contributed by atoms with Gasteiger partial charge in [-0.05, 0) is 17.7 Å². The molecule has 2 aromatic carbocycles. The molecule has 0 radical (unpaired) electrons. The summed E-state index contributed by atoms with van der Waals surface area (Å²) in [4.78, 5) is 16.3. The molecule has 3 aromatic rings. The van der Waals surface area contributed by atoms with E-state index in [1.807, 2.05) is 6.07 Å². The minimum absolute atomic E-state index is 0.000729. The summed E-state index contributed by atoms with van der Waals surface area (Å²) in [5.74, 6) is -0.501. The van der Waals surface area contributed by atoms with E-state index < -0.39 is 23.8 Å². The third-order valence-electron chi connectivity index (χ3n) is 3.81. The van der Waals surface area contributed by atoms with Gasteiger partial charge >= 0.3 is 6.18 Å². The Bertz CT molecular complexity index is 926. The fraction of sp³-hybridized carbons (Fsp3) is 0.158. The van der Waals surface area contributed by atoms with Crippen molar-refractivity contribution in [1.82, 2.24) is 10.3 Å². The number of amides is 1. The first-order valence-corrected chi connectivity index (χ1v) is 8.87. The highest BCUT2D eigenvalue weighted by Gasteiger charge is 2.30. The minimum atomic E-state index is -4.44. The molecule has 1 atom stereocenters. The molecule has 0 spiro atoms.